The van der Waals surface area contributed by atoms with Crippen LogP contribution in [0.2, 0.25) is 0 Å². The molecular formula is C32H25N3O3S. The van der Waals surface area contributed by atoms with Gasteiger partial charge in [-0.3, -0.25) is 4.79 Å². The lowest BCUT2D eigenvalue weighted by Crippen LogP contribution is -2.27. The third-order valence-corrected chi connectivity index (χ3v) is 7.63. The SMILES string of the molecule is C[C@H](NC(=O)c1cc(-c2cnsc2)cc2ccn(Cc3ccc4ccccc4c3)c12)c1ccc(C(=O)O)cc1. The first-order valence-corrected chi connectivity index (χ1v) is 13.4. The summed E-state index contributed by atoms with van der Waals surface area (Å²) in [5.41, 5.74) is 5.53. The van der Waals surface area contributed by atoms with E-state index < -0.39 is 5.97 Å². The van der Waals surface area contributed by atoms with E-state index in [0.717, 1.165) is 33.2 Å². The van der Waals surface area contributed by atoms with Crippen molar-refractivity contribution < 1.29 is 14.7 Å². The summed E-state index contributed by atoms with van der Waals surface area (Å²) in [6.07, 6.45) is 3.84. The standard InChI is InChI=1S/C32H25N3O3S/c1-20(22-8-10-24(11-9-22)32(37)38)34-31(36)29-16-27(28-17-33-39-19-28)15-26-12-13-35(30(26)29)18-21-6-7-23-4-2-3-5-25(23)14-21/h2-17,19-20H,18H2,1H3,(H,34,36)(H,37,38)/t20-/m0/s1. The zero-order chi connectivity index (χ0) is 26.9. The first kappa shape index (κ1) is 24.6. The Morgan fingerprint density at radius 3 is 2.46 bits per heavy atom. The number of nitrogens with one attached hydrogen (secondary N) is 1. The Hall–Kier alpha value is -4.75. The number of amides is 1. The molecule has 0 spiro atoms. The average Bonchev–Trinajstić information content (AvgIpc) is 3.63. The quantitative estimate of drug-likeness (QED) is 0.229. The van der Waals surface area contributed by atoms with Gasteiger partial charge in [0.2, 0.25) is 0 Å². The molecule has 2 heterocycles. The Morgan fingerprint density at radius 2 is 1.72 bits per heavy atom. The van der Waals surface area contributed by atoms with Gasteiger partial charge in [0.25, 0.3) is 5.91 Å². The van der Waals surface area contributed by atoms with Crippen molar-refractivity contribution in [3.8, 4) is 11.1 Å². The van der Waals surface area contributed by atoms with E-state index in [9.17, 15) is 14.7 Å². The molecule has 6 rings (SSSR count). The zero-order valence-electron chi connectivity index (χ0n) is 21.2. The number of aromatic carboxylic acids is 1. The molecular weight excluding hydrogens is 506 g/mol. The predicted molar refractivity (Wildman–Crippen MR) is 155 cm³/mol. The summed E-state index contributed by atoms with van der Waals surface area (Å²) in [6, 6.07) is 27.1. The van der Waals surface area contributed by atoms with E-state index in [-0.39, 0.29) is 17.5 Å². The highest BCUT2D eigenvalue weighted by molar-refractivity contribution is 7.03. The van der Waals surface area contributed by atoms with Gasteiger partial charge >= 0.3 is 5.97 Å². The van der Waals surface area contributed by atoms with E-state index in [4.69, 9.17) is 0 Å². The van der Waals surface area contributed by atoms with Gasteiger partial charge in [-0.1, -0.05) is 48.5 Å². The van der Waals surface area contributed by atoms with Crippen LogP contribution in [0.15, 0.2) is 103 Å². The van der Waals surface area contributed by atoms with Crippen molar-refractivity contribution in [2.45, 2.75) is 19.5 Å². The van der Waals surface area contributed by atoms with Crippen LogP contribution >= 0.6 is 11.5 Å². The van der Waals surface area contributed by atoms with E-state index in [1.54, 1.807) is 24.3 Å². The predicted octanol–water partition coefficient (Wildman–Crippen LogP) is 7.16. The van der Waals surface area contributed by atoms with Crippen LogP contribution in [-0.4, -0.2) is 25.9 Å². The highest BCUT2D eigenvalue weighted by Gasteiger charge is 2.19. The molecule has 6 nitrogen and oxygen atoms in total. The molecule has 0 radical (unpaired) electrons. The Bertz CT molecular complexity index is 1820. The molecule has 1 amide bonds. The maximum absolute atomic E-state index is 13.8. The van der Waals surface area contributed by atoms with Crippen LogP contribution in [0.25, 0.3) is 32.8 Å². The molecule has 0 saturated carbocycles. The molecule has 0 saturated heterocycles. The fourth-order valence-corrected chi connectivity index (χ4v) is 5.52. The second kappa shape index (κ2) is 10.2. The number of rotatable bonds is 7. The van der Waals surface area contributed by atoms with Crippen LogP contribution < -0.4 is 5.32 Å². The monoisotopic (exact) mass is 531 g/mol. The lowest BCUT2D eigenvalue weighted by Gasteiger charge is -2.17. The summed E-state index contributed by atoms with van der Waals surface area (Å²) in [4.78, 5) is 25.0. The maximum atomic E-state index is 13.8. The molecule has 0 unspecified atom stereocenters. The molecule has 2 N–H and O–H groups in total. The lowest BCUT2D eigenvalue weighted by atomic mass is 10.0. The first-order chi connectivity index (χ1) is 19.0. The maximum Gasteiger partial charge on any atom is 0.335 e. The zero-order valence-corrected chi connectivity index (χ0v) is 22.0. The number of benzene rings is 4. The molecule has 2 aromatic heterocycles. The van der Waals surface area contributed by atoms with Gasteiger partial charge < -0.3 is 15.0 Å². The van der Waals surface area contributed by atoms with E-state index in [2.05, 4.69) is 50.7 Å². The molecule has 6 aromatic rings. The van der Waals surface area contributed by atoms with Gasteiger partial charge in [0.15, 0.2) is 0 Å². The van der Waals surface area contributed by atoms with Crippen LogP contribution in [0.3, 0.4) is 0 Å². The van der Waals surface area contributed by atoms with E-state index in [1.807, 2.05) is 49.0 Å². The summed E-state index contributed by atoms with van der Waals surface area (Å²) < 4.78 is 6.36. The number of fused-ring (bicyclic) bond motifs is 2. The smallest absolute Gasteiger partial charge is 0.335 e. The van der Waals surface area contributed by atoms with Crippen molar-refractivity contribution >= 4 is 45.1 Å². The highest BCUT2D eigenvalue weighted by atomic mass is 32.1. The van der Waals surface area contributed by atoms with Crippen LogP contribution in [0.4, 0.5) is 0 Å². The molecule has 4 aromatic carbocycles. The van der Waals surface area contributed by atoms with Gasteiger partial charge in [0.05, 0.1) is 22.7 Å². The Morgan fingerprint density at radius 1 is 0.923 bits per heavy atom. The minimum Gasteiger partial charge on any atom is -0.478 e. The number of carbonyl (C=O) groups excluding carboxylic acids is 1. The van der Waals surface area contributed by atoms with Crippen molar-refractivity contribution in [3.63, 3.8) is 0 Å². The summed E-state index contributed by atoms with van der Waals surface area (Å²) in [5, 5.41) is 17.6. The van der Waals surface area contributed by atoms with Crippen molar-refractivity contribution in [2.75, 3.05) is 0 Å². The number of nitrogens with zero attached hydrogens (tertiary/aromatic N) is 2. The van der Waals surface area contributed by atoms with Crippen molar-refractivity contribution in [3.05, 3.63) is 125 Å². The number of hydrogen-bond acceptors (Lipinski definition) is 4. The Kier molecular flexibility index (Phi) is 6.42. The van der Waals surface area contributed by atoms with Gasteiger partial charge in [-0.2, -0.15) is 0 Å². The Labute approximate surface area is 229 Å². The fourth-order valence-electron chi connectivity index (χ4n) is 4.97. The topological polar surface area (TPSA) is 84.2 Å². The van der Waals surface area contributed by atoms with Crippen LogP contribution in [0.1, 0.15) is 44.8 Å². The third kappa shape index (κ3) is 4.92. The molecule has 0 aliphatic heterocycles. The molecule has 1 atom stereocenters. The van der Waals surface area contributed by atoms with E-state index in [0.29, 0.717) is 12.1 Å². The van der Waals surface area contributed by atoms with Crippen molar-refractivity contribution in [2.24, 2.45) is 0 Å². The molecule has 192 valence electrons. The minimum atomic E-state index is -0.979. The average molecular weight is 532 g/mol. The van der Waals surface area contributed by atoms with Gasteiger partial charge in [0, 0.05) is 35.3 Å². The van der Waals surface area contributed by atoms with E-state index >= 15 is 0 Å². The molecule has 39 heavy (non-hydrogen) atoms. The first-order valence-electron chi connectivity index (χ1n) is 12.6. The summed E-state index contributed by atoms with van der Waals surface area (Å²) >= 11 is 1.38. The molecule has 0 aliphatic rings. The Balaban J connectivity index is 1.38. The van der Waals surface area contributed by atoms with Gasteiger partial charge in [-0.15, -0.1) is 0 Å². The summed E-state index contributed by atoms with van der Waals surface area (Å²) in [5.74, 6) is -1.18. The van der Waals surface area contributed by atoms with Crippen LogP contribution in [0, 0.1) is 0 Å². The largest absolute Gasteiger partial charge is 0.478 e. The van der Waals surface area contributed by atoms with Gasteiger partial charge in [-0.25, -0.2) is 9.17 Å². The number of carbonyl (C=O) groups is 2. The number of aromatic nitrogens is 2. The molecule has 7 heteroatoms. The third-order valence-electron chi connectivity index (χ3n) is 7.04. The van der Waals surface area contributed by atoms with Crippen molar-refractivity contribution in [1.29, 1.82) is 0 Å². The second-order valence-corrected chi connectivity index (χ2v) is 10.3. The molecule has 0 bridgehead atoms. The summed E-state index contributed by atoms with van der Waals surface area (Å²) in [6.45, 7) is 2.52. The van der Waals surface area contributed by atoms with Gasteiger partial charge in [-0.05, 0) is 82.3 Å². The number of carboxylic acid groups (broad SMARTS) is 1. The number of carboxylic acids is 1. The minimum absolute atomic E-state index is 0.196. The second-order valence-electron chi connectivity index (χ2n) is 9.62. The lowest BCUT2D eigenvalue weighted by molar-refractivity contribution is 0.0696. The normalized spacial score (nSPS) is 12.0. The summed E-state index contributed by atoms with van der Waals surface area (Å²) in [7, 11) is 0. The van der Waals surface area contributed by atoms with E-state index in [1.165, 1.54) is 22.3 Å². The highest BCUT2D eigenvalue weighted by Crippen LogP contribution is 2.31. The molecule has 0 fully saturated rings. The fraction of sp³-hybridized carbons (Fsp3) is 0.0938. The molecule has 0 aliphatic carbocycles. The van der Waals surface area contributed by atoms with Crippen LogP contribution in [-0.2, 0) is 6.54 Å². The van der Waals surface area contributed by atoms with Crippen LogP contribution in [0.5, 0.6) is 0 Å². The number of hydrogen-bond donors (Lipinski definition) is 2. The van der Waals surface area contributed by atoms with Crippen molar-refractivity contribution in [1.82, 2.24) is 14.3 Å². The van der Waals surface area contributed by atoms with Gasteiger partial charge in [0.1, 0.15) is 0 Å².